The summed E-state index contributed by atoms with van der Waals surface area (Å²) in [5.74, 6) is -0.777. The summed E-state index contributed by atoms with van der Waals surface area (Å²) in [6, 6.07) is 45.8. The Hall–Kier alpha value is -6.45. The van der Waals surface area contributed by atoms with Crippen molar-refractivity contribution < 1.29 is 9.59 Å². The van der Waals surface area contributed by atoms with E-state index in [4.69, 9.17) is 0 Å². The Kier molecular flexibility index (Phi) is 5.17. The fraction of sp³-hybridized carbons (Fsp3) is 0. The van der Waals surface area contributed by atoms with Crippen molar-refractivity contribution in [2.24, 2.45) is 0 Å². The highest BCUT2D eigenvalue weighted by Crippen LogP contribution is 2.40. The maximum atomic E-state index is 13.2. The van der Waals surface area contributed by atoms with E-state index in [1.165, 1.54) is 0 Å². The molecule has 9 rings (SSSR count). The number of benzene rings is 6. The summed E-state index contributed by atoms with van der Waals surface area (Å²) in [6.07, 6.45) is 0. The van der Waals surface area contributed by atoms with E-state index in [1.54, 1.807) is 36.4 Å². The van der Waals surface area contributed by atoms with E-state index in [2.05, 4.69) is 75.9 Å². The zero-order chi connectivity index (χ0) is 30.2. The van der Waals surface area contributed by atoms with Crippen molar-refractivity contribution in [2.45, 2.75) is 0 Å². The van der Waals surface area contributed by atoms with Crippen LogP contribution in [0.25, 0.3) is 55.0 Å². The second-order valence-electron chi connectivity index (χ2n) is 11.2. The maximum absolute atomic E-state index is 13.2. The van der Waals surface area contributed by atoms with Gasteiger partial charge in [0.05, 0.1) is 50.1 Å². The van der Waals surface area contributed by atoms with Crippen molar-refractivity contribution in [3.63, 3.8) is 0 Å². The molecule has 0 bridgehead atoms. The largest absolute Gasteiger partial charge is 0.309 e. The van der Waals surface area contributed by atoms with Gasteiger partial charge in [0.25, 0.3) is 11.8 Å². The van der Waals surface area contributed by atoms with Crippen LogP contribution in [0.2, 0.25) is 0 Å². The minimum Gasteiger partial charge on any atom is -0.309 e. The highest BCUT2D eigenvalue weighted by Gasteiger charge is 2.36. The van der Waals surface area contributed by atoms with Gasteiger partial charge in [-0.25, -0.2) is 4.90 Å². The number of imide groups is 1. The number of anilines is 1. The molecular weight excluding hydrogens is 556 g/mol. The molecule has 0 saturated heterocycles. The molecule has 0 fully saturated rings. The van der Waals surface area contributed by atoms with Crippen molar-refractivity contribution >= 4 is 61.1 Å². The second-order valence-corrected chi connectivity index (χ2v) is 11.2. The SMILES string of the molecule is N#Cc1cc(N2C(=O)c3ccccc3C2=O)ccc1-n1c2ccccc2c2cc3c4ccccc4n(-c4ccccc4)c3cc21. The molecule has 210 valence electrons. The van der Waals surface area contributed by atoms with Crippen molar-refractivity contribution in [1.29, 1.82) is 5.26 Å². The molecule has 2 amide bonds. The first-order valence-corrected chi connectivity index (χ1v) is 14.7. The Bertz CT molecular complexity index is 2570. The summed E-state index contributed by atoms with van der Waals surface area (Å²) in [5, 5.41) is 14.9. The third kappa shape index (κ3) is 3.43. The number of nitrogens with zero attached hydrogens (tertiary/aromatic N) is 4. The lowest BCUT2D eigenvalue weighted by Gasteiger charge is -2.17. The fourth-order valence-electron chi connectivity index (χ4n) is 6.92. The van der Waals surface area contributed by atoms with Gasteiger partial charge >= 0.3 is 0 Å². The van der Waals surface area contributed by atoms with Crippen LogP contribution in [0, 0.1) is 11.3 Å². The smallest absolute Gasteiger partial charge is 0.266 e. The van der Waals surface area contributed by atoms with Crippen molar-refractivity contribution in [3.8, 4) is 17.4 Å². The average Bonchev–Trinajstić information content (AvgIpc) is 3.68. The highest BCUT2D eigenvalue weighted by molar-refractivity contribution is 6.34. The Morgan fingerprint density at radius 3 is 1.67 bits per heavy atom. The Balaban J connectivity index is 1.32. The van der Waals surface area contributed by atoms with E-state index < -0.39 is 0 Å². The number of aromatic nitrogens is 2. The summed E-state index contributed by atoms with van der Waals surface area (Å²) in [4.78, 5) is 27.6. The molecule has 6 nitrogen and oxygen atoms in total. The van der Waals surface area contributed by atoms with Gasteiger partial charge in [0, 0.05) is 27.2 Å². The molecule has 0 atom stereocenters. The second kappa shape index (κ2) is 9.27. The molecule has 0 N–H and O–H groups in total. The topological polar surface area (TPSA) is 71.0 Å². The minimum atomic E-state index is -0.389. The number of amides is 2. The number of nitriles is 1. The third-order valence-electron chi connectivity index (χ3n) is 8.87. The van der Waals surface area contributed by atoms with E-state index >= 15 is 0 Å². The highest BCUT2D eigenvalue weighted by atomic mass is 16.2. The molecule has 6 aromatic carbocycles. The normalized spacial score (nSPS) is 12.9. The Morgan fingerprint density at radius 1 is 0.467 bits per heavy atom. The number of fused-ring (bicyclic) bond motifs is 7. The quantitative estimate of drug-likeness (QED) is 0.197. The molecule has 1 aliphatic heterocycles. The molecule has 2 aromatic heterocycles. The summed E-state index contributed by atoms with van der Waals surface area (Å²) in [6.45, 7) is 0. The lowest BCUT2D eigenvalue weighted by Crippen LogP contribution is -2.29. The lowest BCUT2D eigenvalue weighted by atomic mass is 10.1. The van der Waals surface area contributed by atoms with Gasteiger partial charge in [-0.15, -0.1) is 0 Å². The number of carbonyl (C=O) groups is 2. The molecule has 0 spiro atoms. The maximum Gasteiger partial charge on any atom is 0.266 e. The van der Waals surface area contributed by atoms with Gasteiger partial charge in [-0.1, -0.05) is 66.7 Å². The molecule has 0 saturated carbocycles. The molecule has 0 aliphatic carbocycles. The summed E-state index contributed by atoms with van der Waals surface area (Å²) in [7, 11) is 0. The van der Waals surface area contributed by atoms with Crippen molar-refractivity contribution in [3.05, 3.63) is 150 Å². The van der Waals surface area contributed by atoms with E-state index in [0.717, 1.165) is 54.2 Å². The Labute approximate surface area is 257 Å². The molecule has 0 unspecified atom stereocenters. The van der Waals surface area contributed by atoms with Crippen LogP contribution < -0.4 is 4.90 Å². The predicted octanol–water partition coefficient (Wildman–Crippen LogP) is 8.55. The minimum absolute atomic E-state index is 0.357. The monoisotopic (exact) mass is 578 g/mol. The van der Waals surface area contributed by atoms with Crippen LogP contribution >= 0.6 is 0 Å². The van der Waals surface area contributed by atoms with Gasteiger partial charge in [-0.05, 0) is 66.7 Å². The van der Waals surface area contributed by atoms with Gasteiger partial charge in [-0.2, -0.15) is 5.26 Å². The number of rotatable bonds is 3. The van der Waals surface area contributed by atoms with E-state index in [-0.39, 0.29) is 11.8 Å². The van der Waals surface area contributed by atoms with Crippen LogP contribution in [0.3, 0.4) is 0 Å². The van der Waals surface area contributed by atoms with Crippen molar-refractivity contribution in [2.75, 3.05) is 4.90 Å². The van der Waals surface area contributed by atoms with Gasteiger partial charge in [0.2, 0.25) is 0 Å². The van der Waals surface area contributed by atoms with Crippen LogP contribution in [0.1, 0.15) is 26.3 Å². The zero-order valence-electron chi connectivity index (χ0n) is 23.8. The van der Waals surface area contributed by atoms with Crippen LogP contribution in [0.15, 0.2) is 133 Å². The van der Waals surface area contributed by atoms with Crippen LogP contribution in [0.5, 0.6) is 0 Å². The molecule has 6 heteroatoms. The predicted molar refractivity (Wildman–Crippen MR) is 177 cm³/mol. The lowest BCUT2D eigenvalue weighted by molar-refractivity contribution is 0.0926. The van der Waals surface area contributed by atoms with Crippen LogP contribution in [-0.2, 0) is 0 Å². The first kappa shape index (κ1) is 25.1. The zero-order valence-corrected chi connectivity index (χ0v) is 23.8. The summed E-state index contributed by atoms with van der Waals surface area (Å²) < 4.78 is 4.39. The van der Waals surface area contributed by atoms with Gasteiger partial charge < -0.3 is 9.13 Å². The summed E-state index contributed by atoms with van der Waals surface area (Å²) >= 11 is 0. The number of carbonyl (C=O) groups excluding carboxylic acids is 2. The first-order valence-electron chi connectivity index (χ1n) is 14.7. The standard InChI is InChI=1S/C39H22N4O2/c40-23-24-20-26(42-38(44)29-14-4-5-15-30(29)39(42)45)18-19-33(24)43-35-17-9-7-13-28(35)32-21-31-27-12-6-8-16-34(27)41(36(31)22-37(32)43)25-10-2-1-3-11-25/h1-22H. The first-order chi connectivity index (χ1) is 22.1. The Morgan fingerprint density at radius 2 is 1.02 bits per heavy atom. The number of hydrogen-bond acceptors (Lipinski definition) is 3. The number of hydrogen-bond donors (Lipinski definition) is 0. The molecule has 45 heavy (non-hydrogen) atoms. The van der Waals surface area contributed by atoms with Gasteiger partial charge in [0.1, 0.15) is 6.07 Å². The summed E-state index contributed by atoms with van der Waals surface area (Å²) in [5.41, 5.74) is 7.28. The van der Waals surface area contributed by atoms with E-state index in [0.29, 0.717) is 28.1 Å². The number of para-hydroxylation sites is 3. The van der Waals surface area contributed by atoms with Crippen molar-refractivity contribution in [1.82, 2.24) is 9.13 Å². The van der Waals surface area contributed by atoms with Gasteiger partial charge in [0.15, 0.2) is 0 Å². The average molecular weight is 579 g/mol. The third-order valence-corrected chi connectivity index (χ3v) is 8.87. The van der Waals surface area contributed by atoms with Crippen LogP contribution in [-0.4, -0.2) is 20.9 Å². The van der Waals surface area contributed by atoms with Crippen LogP contribution in [0.4, 0.5) is 5.69 Å². The molecule has 1 aliphatic rings. The van der Waals surface area contributed by atoms with E-state index in [1.807, 2.05) is 36.4 Å². The molecule has 0 radical (unpaired) electrons. The fourth-order valence-corrected chi connectivity index (χ4v) is 6.92. The van der Waals surface area contributed by atoms with Gasteiger partial charge in [-0.3, -0.25) is 9.59 Å². The molecule has 3 heterocycles. The van der Waals surface area contributed by atoms with E-state index in [9.17, 15) is 14.9 Å². The molecular formula is C39H22N4O2. The molecule has 8 aromatic rings.